The summed E-state index contributed by atoms with van der Waals surface area (Å²) in [6.07, 6.45) is 0.385. The number of hydrogen-bond acceptors (Lipinski definition) is 5. The van der Waals surface area contributed by atoms with E-state index in [4.69, 9.17) is 0 Å². The first-order valence-corrected chi connectivity index (χ1v) is 12.2. The summed E-state index contributed by atoms with van der Waals surface area (Å²) in [4.78, 5) is 44.7. The van der Waals surface area contributed by atoms with Crippen molar-refractivity contribution in [1.82, 2.24) is 25.3 Å². The zero-order valence-electron chi connectivity index (χ0n) is 20.8. The molecular weight excluding hydrogens is 442 g/mol. The summed E-state index contributed by atoms with van der Waals surface area (Å²) < 4.78 is 0. The molecule has 186 valence electrons. The van der Waals surface area contributed by atoms with Crippen molar-refractivity contribution in [3.63, 3.8) is 0 Å². The van der Waals surface area contributed by atoms with Crippen molar-refractivity contribution in [1.29, 1.82) is 0 Å². The van der Waals surface area contributed by atoms with Gasteiger partial charge in [0.1, 0.15) is 0 Å². The summed E-state index contributed by atoms with van der Waals surface area (Å²) in [5.41, 5.74) is 0.369. The van der Waals surface area contributed by atoms with Crippen LogP contribution in [0.4, 0.5) is 4.79 Å². The van der Waals surface area contributed by atoms with Gasteiger partial charge in [-0.1, -0.05) is 60.7 Å². The highest BCUT2D eigenvalue weighted by molar-refractivity contribution is 6.07. The van der Waals surface area contributed by atoms with E-state index >= 15 is 0 Å². The van der Waals surface area contributed by atoms with Gasteiger partial charge in [0.05, 0.1) is 13.2 Å². The van der Waals surface area contributed by atoms with E-state index in [0.717, 1.165) is 11.1 Å². The summed E-state index contributed by atoms with van der Waals surface area (Å²) >= 11 is 0. The molecular formula is C27H35N5O3. The van der Waals surface area contributed by atoms with E-state index in [2.05, 4.69) is 20.4 Å². The van der Waals surface area contributed by atoms with Crippen LogP contribution in [0, 0.1) is 0 Å². The number of nitrogens with one attached hydrogen (secondary N) is 2. The molecule has 2 fully saturated rings. The van der Waals surface area contributed by atoms with Crippen molar-refractivity contribution in [2.24, 2.45) is 0 Å². The maximum atomic E-state index is 13.8. The monoisotopic (exact) mass is 477 g/mol. The summed E-state index contributed by atoms with van der Waals surface area (Å²) in [5.74, 6) is -0.224. The van der Waals surface area contributed by atoms with Gasteiger partial charge in [0.2, 0.25) is 5.91 Å². The first kappa shape index (κ1) is 24.9. The molecule has 0 bridgehead atoms. The molecule has 2 aliphatic heterocycles. The quantitative estimate of drug-likeness (QED) is 0.597. The van der Waals surface area contributed by atoms with Gasteiger partial charge in [-0.05, 0) is 31.9 Å². The van der Waals surface area contributed by atoms with E-state index < -0.39 is 5.54 Å². The van der Waals surface area contributed by atoms with Gasteiger partial charge in [-0.2, -0.15) is 0 Å². The number of hydrogen-bond donors (Lipinski definition) is 2. The molecule has 35 heavy (non-hydrogen) atoms. The first-order chi connectivity index (χ1) is 16.7. The van der Waals surface area contributed by atoms with Crippen LogP contribution in [0.15, 0.2) is 60.7 Å². The van der Waals surface area contributed by atoms with Crippen LogP contribution in [0.25, 0.3) is 0 Å². The largest absolute Gasteiger partial charge is 0.350 e. The second-order valence-electron chi connectivity index (χ2n) is 10.4. The van der Waals surface area contributed by atoms with Crippen molar-refractivity contribution in [3.8, 4) is 0 Å². The highest BCUT2D eigenvalue weighted by atomic mass is 16.2. The first-order valence-electron chi connectivity index (χ1n) is 12.2. The SMILES string of the molecule is CC(C)(C)NC(=O)CN1CCN(CN2C(=O)NC(Cc3ccccc3)(c3ccccc3)C2=O)CC1. The van der Waals surface area contributed by atoms with Gasteiger partial charge >= 0.3 is 6.03 Å². The van der Waals surface area contributed by atoms with Crippen molar-refractivity contribution < 1.29 is 14.4 Å². The number of rotatable bonds is 7. The highest BCUT2D eigenvalue weighted by Crippen LogP contribution is 2.33. The molecule has 2 aromatic carbocycles. The summed E-state index contributed by atoms with van der Waals surface area (Å²) in [6, 6.07) is 18.9. The fourth-order valence-corrected chi connectivity index (χ4v) is 4.75. The minimum Gasteiger partial charge on any atom is -0.350 e. The number of benzene rings is 2. The Morgan fingerprint density at radius 3 is 2.09 bits per heavy atom. The maximum Gasteiger partial charge on any atom is 0.326 e. The number of carbonyl (C=O) groups is 3. The van der Waals surface area contributed by atoms with Gasteiger partial charge in [-0.15, -0.1) is 0 Å². The predicted molar refractivity (Wildman–Crippen MR) is 134 cm³/mol. The van der Waals surface area contributed by atoms with Crippen LogP contribution in [0.1, 0.15) is 31.9 Å². The zero-order valence-corrected chi connectivity index (χ0v) is 20.8. The molecule has 0 radical (unpaired) electrons. The van der Waals surface area contributed by atoms with E-state index in [9.17, 15) is 14.4 Å². The van der Waals surface area contributed by atoms with Gasteiger partial charge < -0.3 is 10.6 Å². The number of piperazine rings is 1. The molecule has 8 heteroatoms. The molecule has 2 aliphatic rings. The lowest BCUT2D eigenvalue weighted by Gasteiger charge is -2.36. The second-order valence-corrected chi connectivity index (χ2v) is 10.4. The minimum atomic E-state index is -1.13. The molecule has 2 heterocycles. The van der Waals surface area contributed by atoms with Crippen LogP contribution in [0.3, 0.4) is 0 Å². The Hall–Kier alpha value is -3.23. The zero-order chi connectivity index (χ0) is 25.1. The molecule has 1 atom stereocenters. The van der Waals surface area contributed by atoms with E-state index in [1.165, 1.54) is 4.90 Å². The number of urea groups is 1. The lowest BCUT2D eigenvalue weighted by Crippen LogP contribution is -2.54. The normalized spacial score (nSPS) is 21.7. The van der Waals surface area contributed by atoms with E-state index in [1.807, 2.05) is 81.4 Å². The van der Waals surface area contributed by atoms with Gasteiger partial charge in [-0.25, -0.2) is 9.69 Å². The topological polar surface area (TPSA) is 85.0 Å². The van der Waals surface area contributed by atoms with E-state index in [1.54, 1.807) is 0 Å². The smallest absolute Gasteiger partial charge is 0.326 e. The van der Waals surface area contributed by atoms with Crippen molar-refractivity contribution in [3.05, 3.63) is 71.8 Å². The lowest BCUT2D eigenvalue weighted by atomic mass is 9.83. The fourth-order valence-electron chi connectivity index (χ4n) is 4.75. The summed E-state index contributed by atoms with van der Waals surface area (Å²) in [7, 11) is 0. The van der Waals surface area contributed by atoms with Gasteiger partial charge in [-0.3, -0.25) is 19.4 Å². The molecule has 2 N–H and O–H groups in total. The third kappa shape index (κ3) is 5.89. The second kappa shape index (κ2) is 10.2. The fraction of sp³-hybridized carbons (Fsp3) is 0.444. The van der Waals surface area contributed by atoms with Crippen LogP contribution in [-0.4, -0.2) is 77.5 Å². The van der Waals surface area contributed by atoms with Crippen LogP contribution in [-0.2, 0) is 21.5 Å². The molecule has 2 aromatic rings. The number of imide groups is 1. The van der Waals surface area contributed by atoms with Crippen LogP contribution < -0.4 is 10.6 Å². The van der Waals surface area contributed by atoms with E-state index in [0.29, 0.717) is 39.1 Å². The molecule has 1 unspecified atom stereocenters. The molecule has 4 rings (SSSR count). The molecule has 0 spiro atoms. The predicted octanol–water partition coefficient (Wildman–Crippen LogP) is 2.17. The van der Waals surface area contributed by atoms with Crippen molar-refractivity contribution in [2.75, 3.05) is 39.4 Å². The third-order valence-electron chi connectivity index (χ3n) is 6.44. The molecule has 2 saturated heterocycles. The Bertz CT molecular complexity index is 1050. The Kier molecular flexibility index (Phi) is 7.23. The van der Waals surface area contributed by atoms with Crippen LogP contribution in [0.5, 0.6) is 0 Å². The van der Waals surface area contributed by atoms with Gasteiger partial charge in [0, 0.05) is 38.1 Å². The van der Waals surface area contributed by atoms with Crippen molar-refractivity contribution in [2.45, 2.75) is 38.3 Å². The summed E-state index contributed by atoms with van der Waals surface area (Å²) in [5, 5.41) is 6.02. The summed E-state index contributed by atoms with van der Waals surface area (Å²) in [6.45, 7) is 9.24. The Morgan fingerprint density at radius 2 is 1.49 bits per heavy atom. The average Bonchev–Trinajstić information content (AvgIpc) is 3.05. The van der Waals surface area contributed by atoms with Crippen molar-refractivity contribution >= 4 is 17.8 Å². The number of nitrogens with zero attached hydrogens (tertiary/aromatic N) is 3. The Balaban J connectivity index is 1.43. The lowest BCUT2D eigenvalue weighted by molar-refractivity contribution is -0.133. The number of amides is 4. The van der Waals surface area contributed by atoms with Gasteiger partial charge in [0.25, 0.3) is 5.91 Å². The standard InChI is InChI=1S/C27H35N5O3/c1-26(2,3)28-23(33)19-30-14-16-31(17-15-30)20-32-24(34)27(29-25(32)35,22-12-8-5-9-13-22)18-21-10-6-4-7-11-21/h4-13H,14-20H2,1-3H3,(H,28,33)(H,29,35). The maximum absolute atomic E-state index is 13.8. The number of carbonyl (C=O) groups excluding carboxylic acids is 3. The highest BCUT2D eigenvalue weighted by Gasteiger charge is 2.52. The Labute approximate surface area is 207 Å². The van der Waals surface area contributed by atoms with Crippen LogP contribution >= 0.6 is 0 Å². The Morgan fingerprint density at radius 1 is 0.914 bits per heavy atom. The van der Waals surface area contributed by atoms with Crippen LogP contribution in [0.2, 0.25) is 0 Å². The molecule has 8 nitrogen and oxygen atoms in total. The molecule has 4 amide bonds. The third-order valence-corrected chi connectivity index (χ3v) is 6.44. The average molecular weight is 478 g/mol. The van der Waals surface area contributed by atoms with Gasteiger partial charge in [0.15, 0.2) is 5.54 Å². The van der Waals surface area contributed by atoms with E-state index in [-0.39, 0.29) is 30.1 Å². The minimum absolute atomic E-state index is 0.00797. The molecule has 0 saturated carbocycles. The molecule has 0 aliphatic carbocycles. The molecule has 0 aromatic heterocycles.